The van der Waals surface area contributed by atoms with Crippen LogP contribution in [0.3, 0.4) is 0 Å². The Bertz CT molecular complexity index is 3250. The first-order chi connectivity index (χ1) is 28.8. The zero-order chi connectivity index (χ0) is 38.4. The second kappa shape index (κ2) is 14.2. The highest BCUT2D eigenvalue weighted by Gasteiger charge is 2.20. The third-order valence-corrected chi connectivity index (χ3v) is 11.9. The molecule has 0 bridgehead atoms. The quantitative estimate of drug-likeness (QED) is 0.149. The van der Waals surface area contributed by atoms with Gasteiger partial charge in [-0.2, -0.15) is 0 Å². The minimum atomic E-state index is 1.19. The predicted octanol–water partition coefficient (Wildman–Crippen LogP) is 16.3. The molecular formula is C58H38. The SMILES string of the molecule is c1ccc(-c2c3ccccc3c(-c3cc(-c4ccccc4-c4ccc(-c5cccc6ccccc56)cc4)ccc3-c3ccc4ccccc4c3)c3ccccc23)cc1. The Hall–Kier alpha value is -7.54. The molecule has 0 aliphatic heterocycles. The molecule has 0 aliphatic rings. The molecule has 270 valence electrons. The molecule has 58 heavy (non-hydrogen) atoms. The van der Waals surface area contributed by atoms with E-state index in [1.54, 1.807) is 0 Å². The molecule has 11 aromatic rings. The van der Waals surface area contributed by atoms with Crippen LogP contribution in [0.5, 0.6) is 0 Å². The van der Waals surface area contributed by atoms with Crippen LogP contribution in [0.15, 0.2) is 231 Å². The third-order valence-electron chi connectivity index (χ3n) is 11.9. The van der Waals surface area contributed by atoms with Crippen molar-refractivity contribution in [2.45, 2.75) is 0 Å². The second-order valence-electron chi connectivity index (χ2n) is 15.2. The lowest BCUT2D eigenvalue weighted by molar-refractivity contribution is 1.56. The Morgan fingerprint density at radius 3 is 1.29 bits per heavy atom. The predicted molar refractivity (Wildman–Crippen MR) is 249 cm³/mol. The molecule has 11 aromatic carbocycles. The van der Waals surface area contributed by atoms with E-state index in [1.807, 2.05) is 0 Å². The molecule has 0 spiro atoms. The lowest BCUT2D eigenvalue weighted by Crippen LogP contribution is -1.94. The summed E-state index contributed by atoms with van der Waals surface area (Å²) >= 11 is 0. The molecule has 0 saturated heterocycles. The summed E-state index contributed by atoms with van der Waals surface area (Å²) in [5, 5.41) is 10.0. The van der Waals surface area contributed by atoms with E-state index in [2.05, 4.69) is 231 Å². The molecule has 11 rings (SSSR count). The van der Waals surface area contributed by atoms with E-state index < -0.39 is 0 Å². The Balaban J connectivity index is 1.14. The molecule has 0 aromatic heterocycles. The van der Waals surface area contributed by atoms with Gasteiger partial charge in [-0.25, -0.2) is 0 Å². The maximum Gasteiger partial charge on any atom is -0.00199 e. The summed E-state index contributed by atoms with van der Waals surface area (Å²) in [5.41, 5.74) is 14.7. The monoisotopic (exact) mass is 734 g/mol. The van der Waals surface area contributed by atoms with Crippen LogP contribution in [-0.2, 0) is 0 Å². The van der Waals surface area contributed by atoms with E-state index in [1.165, 1.54) is 110 Å². The molecule has 0 heteroatoms. The van der Waals surface area contributed by atoms with Gasteiger partial charge in [0.2, 0.25) is 0 Å². The van der Waals surface area contributed by atoms with Crippen molar-refractivity contribution in [1.82, 2.24) is 0 Å². The molecule has 0 N–H and O–H groups in total. The largest absolute Gasteiger partial charge is 0.0622 e. The van der Waals surface area contributed by atoms with Crippen LogP contribution >= 0.6 is 0 Å². The van der Waals surface area contributed by atoms with Crippen LogP contribution in [0.2, 0.25) is 0 Å². The minimum absolute atomic E-state index is 1.19. The summed E-state index contributed by atoms with van der Waals surface area (Å²) in [6.45, 7) is 0. The minimum Gasteiger partial charge on any atom is -0.0622 e. The summed E-state index contributed by atoms with van der Waals surface area (Å²) < 4.78 is 0. The van der Waals surface area contributed by atoms with Gasteiger partial charge in [0.05, 0.1) is 0 Å². The summed E-state index contributed by atoms with van der Waals surface area (Å²) in [6.07, 6.45) is 0. The zero-order valence-electron chi connectivity index (χ0n) is 31.9. The summed E-state index contributed by atoms with van der Waals surface area (Å²) in [4.78, 5) is 0. The lowest BCUT2D eigenvalue weighted by atomic mass is 9.82. The van der Waals surface area contributed by atoms with Gasteiger partial charge >= 0.3 is 0 Å². The van der Waals surface area contributed by atoms with Crippen molar-refractivity contribution in [3.63, 3.8) is 0 Å². The first kappa shape index (κ1) is 33.8. The molecule has 0 fully saturated rings. The van der Waals surface area contributed by atoms with Crippen molar-refractivity contribution in [1.29, 1.82) is 0 Å². The van der Waals surface area contributed by atoms with Crippen molar-refractivity contribution >= 4 is 43.1 Å². The van der Waals surface area contributed by atoms with E-state index in [0.717, 1.165) is 0 Å². The van der Waals surface area contributed by atoms with Gasteiger partial charge in [-0.3, -0.25) is 0 Å². The first-order valence-electron chi connectivity index (χ1n) is 20.1. The summed E-state index contributed by atoms with van der Waals surface area (Å²) in [6, 6.07) is 84.6. The van der Waals surface area contributed by atoms with Crippen LogP contribution in [0, 0.1) is 0 Å². The van der Waals surface area contributed by atoms with Gasteiger partial charge in [0, 0.05) is 0 Å². The molecule has 0 aliphatic carbocycles. The molecule has 0 atom stereocenters. The fraction of sp³-hybridized carbons (Fsp3) is 0. The normalized spacial score (nSPS) is 11.4. The van der Waals surface area contributed by atoms with Crippen LogP contribution < -0.4 is 0 Å². The van der Waals surface area contributed by atoms with Crippen LogP contribution in [-0.4, -0.2) is 0 Å². The van der Waals surface area contributed by atoms with Crippen molar-refractivity contribution in [3.8, 4) is 66.8 Å². The van der Waals surface area contributed by atoms with Gasteiger partial charge in [0.15, 0.2) is 0 Å². The number of benzene rings is 11. The molecule has 0 saturated carbocycles. The fourth-order valence-electron chi connectivity index (χ4n) is 9.15. The number of fused-ring (bicyclic) bond motifs is 4. The Kier molecular flexibility index (Phi) is 8.26. The lowest BCUT2D eigenvalue weighted by Gasteiger charge is -2.21. The average Bonchev–Trinajstić information content (AvgIpc) is 3.30. The Morgan fingerprint density at radius 2 is 0.603 bits per heavy atom. The third kappa shape index (κ3) is 5.78. The van der Waals surface area contributed by atoms with Crippen LogP contribution in [0.4, 0.5) is 0 Å². The molecule has 0 unspecified atom stereocenters. The van der Waals surface area contributed by atoms with Gasteiger partial charge < -0.3 is 0 Å². The van der Waals surface area contributed by atoms with Gasteiger partial charge in [-0.05, 0) is 122 Å². The highest BCUT2D eigenvalue weighted by atomic mass is 14.2. The van der Waals surface area contributed by atoms with E-state index in [0.29, 0.717) is 0 Å². The number of rotatable bonds is 6. The van der Waals surface area contributed by atoms with Crippen LogP contribution in [0.1, 0.15) is 0 Å². The zero-order valence-corrected chi connectivity index (χ0v) is 31.9. The van der Waals surface area contributed by atoms with E-state index in [-0.39, 0.29) is 0 Å². The topological polar surface area (TPSA) is 0 Å². The Labute approximate surface area is 339 Å². The Morgan fingerprint density at radius 1 is 0.172 bits per heavy atom. The molecule has 0 heterocycles. The van der Waals surface area contributed by atoms with E-state index >= 15 is 0 Å². The van der Waals surface area contributed by atoms with Crippen LogP contribution in [0.25, 0.3) is 110 Å². The van der Waals surface area contributed by atoms with Gasteiger partial charge in [0.25, 0.3) is 0 Å². The maximum atomic E-state index is 2.45. The number of hydrogen-bond acceptors (Lipinski definition) is 0. The first-order valence-corrected chi connectivity index (χ1v) is 20.1. The van der Waals surface area contributed by atoms with Gasteiger partial charge in [-0.15, -0.1) is 0 Å². The summed E-state index contributed by atoms with van der Waals surface area (Å²) in [5.74, 6) is 0. The summed E-state index contributed by atoms with van der Waals surface area (Å²) in [7, 11) is 0. The van der Waals surface area contributed by atoms with Gasteiger partial charge in [-0.1, -0.05) is 218 Å². The molecule has 0 radical (unpaired) electrons. The molecule has 0 nitrogen and oxygen atoms in total. The van der Waals surface area contributed by atoms with Gasteiger partial charge in [0.1, 0.15) is 0 Å². The van der Waals surface area contributed by atoms with E-state index in [9.17, 15) is 0 Å². The van der Waals surface area contributed by atoms with Crippen molar-refractivity contribution in [2.24, 2.45) is 0 Å². The smallest absolute Gasteiger partial charge is 0.00199 e. The maximum absolute atomic E-state index is 2.45. The average molecular weight is 735 g/mol. The highest BCUT2D eigenvalue weighted by Crippen LogP contribution is 2.48. The van der Waals surface area contributed by atoms with Crippen molar-refractivity contribution in [2.75, 3.05) is 0 Å². The standard InChI is InChI=1S/C58H38/c1-2-17-43(18-3-1)57-52-24-10-12-26-54(52)58(55-27-13-11-25-53(55)57)56-38-46(35-36-51(56)45-34-29-39-15-4-5-19-44(39)37-45)50-23-9-8-22-48(50)41-30-32-42(33-31-41)49-28-14-20-40-16-6-7-21-47(40)49/h1-38H. The van der Waals surface area contributed by atoms with Crippen molar-refractivity contribution < 1.29 is 0 Å². The molecule has 0 amide bonds. The van der Waals surface area contributed by atoms with Crippen molar-refractivity contribution in [3.05, 3.63) is 231 Å². The highest BCUT2D eigenvalue weighted by molar-refractivity contribution is 6.22. The number of hydrogen-bond donors (Lipinski definition) is 0. The second-order valence-corrected chi connectivity index (χ2v) is 15.2. The molecular weight excluding hydrogens is 697 g/mol. The van der Waals surface area contributed by atoms with E-state index in [4.69, 9.17) is 0 Å². The fourth-order valence-corrected chi connectivity index (χ4v) is 9.15.